The quantitative estimate of drug-likeness (QED) is 0.814. The maximum Gasteiger partial charge on any atom is 0.129 e. The summed E-state index contributed by atoms with van der Waals surface area (Å²) in [6.45, 7) is 4.26. The predicted octanol–water partition coefficient (Wildman–Crippen LogP) is 3.14. The third kappa shape index (κ3) is 3.89. The fourth-order valence-corrected chi connectivity index (χ4v) is 1.82. The van der Waals surface area contributed by atoms with E-state index >= 15 is 0 Å². The molecule has 1 rings (SSSR count). The largest absolute Gasteiger partial charge is 0.317 e. The third-order valence-corrected chi connectivity index (χ3v) is 2.65. The van der Waals surface area contributed by atoms with Crippen LogP contribution in [0.3, 0.4) is 0 Å². The molecule has 0 amide bonds. The Morgan fingerprint density at radius 1 is 1.25 bits per heavy atom. The van der Waals surface area contributed by atoms with Gasteiger partial charge in [0.1, 0.15) is 11.6 Å². The SMILES string of the molecule is CNC(Cc1ccc(F)cc1F)CC(C)C. The lowest BCUT2D eigenvalue weighted by Crippen LogP contribution is -2.29. The summed E-state index contributed by atoms with van der Waals surface area (Å²) in [6, 6.07) is 4.01. The Kier molecular flexibility index (Phi) is 4.87. The van der Waals surface area contributed by atoms with Crippen LogP contribution in [0.4, 0.5) is 8.78 Å². The predicted molar refractivity (Wildman–Crippen MR) is 62.4 cm³/mol. The Labute approximate surface area is 95.9 Å². The minimum absolute atomic E-state index is 0.236. The van der Waals surface area contributed by atoms with Crippen molar-refractivity contribution in [3.05, 3.63) is 35.4 Å². The summed E-state index contributed by atoms with van der Waals surface area (Å²) in [5.41, 5.74) is 0.571. The van der Waals surface area contributed by atoms with E-state index in [-0.39, 0.29) is 6.04 Å². The lowest BCUT2D eigenvalue weighted by molar-refractivity contribution is 0.434. The topological polar surface area (TPSA) is 12.0 Å². The summed E-state index contributed by atoms with van der Waals surface area (Å²) in [5, 5.41) is 3.16. The number of hydrogen-bond acceptors (Lipinski definition) is 1. The number of likely N-dealkylation sites (N-methyl/N-ethyl adjacent to an activating group) is 1. The van der Waals surface area contributed by atoms with Gasteiger partial charge < -0.3 is 5.32 Å². The summed E-state index contributed by atoms with van der Waals surface area (Å²) in [6.07, 6.45) is 1.58. The van der Waals surface area contributed by atoms with Crippen molar-refractivity contribution >= 4 is 0 Å². The molecule has 1 aromatic rings. The molecule has 0 radical (unpaired) electrons. The second kappa shape index (κ2) is 5.94. The summed E-state index contributed by atoms with van der Waals surface area (Å²) in [4.78, 5) is 0. The van der Waals surface area contributed by atoms with E-state index in [1.807, 2.05) is 7.05 Å². The van der Waals surface area contributed by atoms with Gasteiger partial charge in [0, 0.05) is 12.1 Å². The van der Waals surface area contributed by atoms with Crippen LogP contribution in [0.15, 0.2) is 18.2 Å². The van der Waals surface area contributed by atoms with Crippen molar-refractivity contribution in [2.75, 3.05) is 7.05 Å². The zero-order chi connectivity index (χ0) is 12.1. The third-order valence-electron chi connectivity index (χ3n) is 2.65. The second-order valence-corrected chi connectivity index (χ2v) is 4.56. The van der Waals surface area contributed by atoms with Crippen LogP contribution in [0.1, 0.15) is 25.8 Å². The van der Waals surface area contributed by atoms with Crippen LogP contribution >= 0.6 is 0 Å². The van der Waals surface area contributed by atoms with Crippen LogP contribution < -0.4 is 5.32 Å². The van der Waals surface area contributed by atoms with Gasteiger partial charge in [0.2, 0.25) is 0 Å². The summed E-state index contributed by atoms with van der Waals surface area (Å²) < 4.78 is 26.1. The first kappa shape index (κ1) is 13.1. The highest BCUT2D eigenvalue weighted by atomic mass is 19.1. The molecule has 1 N–H and O–H groups in total. The molecule has 0 fully saturated rings. The molecule has 0 aliphatic rings. The maximum absolute atomic E-state index is 13.4. The van der Waals surface area contributed by atoms with Gasteiger partial charge in [-0.25, -0.2) is 8.78 Å². The molecule has 0 saturated carbocycles. The molecule has 0 bridgehead atoms. The lowest BCUT2D eigenvalue weighted by Gasteiger charge is -2.18. The molecular weight excluding hydrogens is 208 g/mol. The number of hydrogen-bond donors (Lipinski definition) is 1. The van der Waals surface area contributed by atoms with E-state index in [4.69, 9.17) is 0 Å². The molecule has 3 heteroatoms. The highest BCUT2D eigenvalue weighted by Gasteiger charge is 2.12. The molecule has 1 aromatic carbocycles. The molecule has 1 nitrogen and oxygen atoms in total. The molecule has 1 unspecified atom stereocenters. The smallest absolute Gasteiger partial charge is 0.129 e. The average molecular weight is 227 g/mol. The van der Waals surface area contributed by atoms with Gasteiger partial charge in [0.25, 0.3) is 0 Å². The van der Waals surface area contributed by atoms with Gasteiger partial charge in [-0.2, -0.15) is 0 Å². The van der Waals surface area contributed by atoms with E-state index in [0.717, 1.165) is 12.5 Å². The van der Waals surface area contributed by atoms with Crippen molar-refractivity contribution in [3.63, 3.8) is 0 Å². The monoisotopic (exact) mass is 227 g/mol. The van der Waals surface area contributed by atoms with Crippen molar-refractivity contribution in [2.24, 2.45) is 5.92 Å². The van der Waals surface area contributed by atoms with Gasteiger partial charge in [-0.1, -0.05) is 19.9 Å². The zero-order valence-electron chi connectivity index (χ0n) is 10.1. The molecular formula is C13H19F2N. The molecule has 0 aliphatic carbocycles. The Hall–Kier alpha value is -0.960. The number of benzene rings is 1. The van der Waals surface area contributed by atoms with E-state index in [2.05, 4.69) is 19.2 Å². The van der Waals surface area contributed by atoms with Crippen LogP contribution in [0.5, 0.6) is 0 Å². The minimum atomic E-state index is -0.522. The average Bonchev–Trinajstić information content (AvgIpc) is 2.20. The van der Waals surface area contributed by atoms with Crippen LogP contribution in [0.2, 0.25) is 0 Å². The Balaban J connectivity index is 2.70. The summed E-state index contributed by atoms with van der Waals surface area (Å²) >= 11 is 0. The van der Waals surface area contributed by atoms with E-state index in [1.165, 1.54) is 12.1 Å². The van der Waals surface area contributed by atoms with E-state index in [0.29, 0.717) is 17.9 Å². The maximum atomic E-state index is 13.4. The molecule has 0 heterocycles. The van der Waals surface area contributed by atoms with Gasteiger partial charge in [0.15, 0.2) is 0 Å². The zero-order valence-corrected chi connectivity index (χ0v) is 10.1. The van der Waals surface area contributed by atoms with Crippen molar-refractivity contribution in [2.45, 2.75) is 32.7 Å². The van der Waals surface area contributed by atoms with E-state index in [9.17, 15) is 8.78 Å². The van der Waals surface area contributed by atoms with Crippen molar-refractivity contribution < 1.29 is 8.78 Å². The van der Waals surface area contributed by atoms with Gasteiger partial charge in [0.05, 0.1) is 0 Å². The standard InChI is InChI=1S/C13H19F2N/c1-9(2)6-12(16-3)7-10-4-5-11(14)8-13(10)15/h4-5,8-9,12,16H,6-7H2,1-3H3. The Morgan fingerprint density at radius 2 is 1.94 bits per heavy atom. The number of rotatable bonds is 5. The first-order valence-electron chi connectivity index (χ1n) is 5.64. The lowest BCUT2D eigenvalue weighted by atomic mass is 9.97. The second-order valence-electron chi connectivity index (χ2n) is 4.56. The fourth-order valence-electron chi connectivity index (χ4n) is 1.82. The van der Waals surface area contributed by atoms with Crippen molar-refractivity contribution in [1.29, 1.82) is 0 Å². The normalized spacial score (nSPS) is 13.1. The van der Waals surface area contributed by atoms with Gasteiger partial charge in [-0.3, -0.25) is 0 Å². The number of nitrogens with one attached hydrogen (secondary N) is 1. The molecule has 1 atom stereocenters. The molecule has 0 aromatic heterocycles. The molecule has 0 spiro atoms. The van der Waals surface area contributed by atoms with Crippen LogP contribution in [0, 0.1) is 17.6 Å². The van der Waals surface area contributed by atoms with E-state index in [1.54, 1.807) is 0 Å². The molecule has 16 heavy (non-hydrogen) atoms. The van der Waals surface area contributed by atoms with E-state index < -0.39 is 11.6 Å². The van der Waals surface area contributed by atoms with Gasteiger partial charge in [-0.15, -0.1) is 0 Å². The highest BCUT2D eigenvalue weighted by molar-refractivity contribution is 5.19. The first-order valence-corrected chi connectivity index (χ1v) is 5.64. The van der Waals surface area contributed by atoms with Gasteiger partial charge in [-0.05, 0) is 37.4 Å². The Bertz CT molecular complexity index is 337. The fraction of sp³-hybridized carbons (Fsp3) is 0.538. The minimum Gasteiger partial charge on any atom is -0.317 e. The van der Waals surface area contributed by atoms with Gasteiger partial charge >= 0.3 is 0 Å². The Morgan fingerprint density at radius 3 is 2.44 bits per heavy atom. The van der Waals surface area contributed by atoms with Crippen LogP contribution in [-0.4, -0.2) is 13.1 Å². The van der Waals surface area contributed by atoms with Crippen LogP contribution in [-0.2, 0) is 6.42 Å². The van der Waals surface area contributed by atoms with Crippen molar-refractivity contribution in [3.8, 4) is 0 Å². The highest BCUT2D eigenvalue weighted by Crippen LogP contribution is 2.15. The number of halogens is 2. The molecule has 90 valence electrons. The first-order chi connectivity index (χ1) is 7.52. The molecule has 0 saturated heterocycles. The van der Waals surface area contributed by atoms with Crippen LogP contribution in [0.25, 0.3) is 0 Å². The molecule has 0 aliphatic heterocycles. The summed E-state index contributed by atoms with van der Waals surface area (Å²) in [7, 11) is 1.87. The summed E-state index contributed by atoms with van der Waals surface area (Å²) in [5.74, 6) is -0.420. The van der Waals surface area contributed by atoms with Crippen molar-refractivity contribution in [1.82, 2.24) is 5.32 Å².